The second-order valence-corrected chi connectivity index (χ2v) is 11.4. The van der Waals surface area contributed by atoms with Crippen molar-refractivity contribution >= 4 is 40.1 Å². The van der Waals surface area contributed by atoms with Gasteiger partial charge in [-0.1, -0.05) is 57.2 Å². The molecule has 0 aliphatic carbocycles. The molecule has 122 valence electrons. The number of ketones is 1. The van der Waals surface area contributed by atoms with Crippen LogP contribution in [0, 0.1) is 16.9 Å². The molecule has 0 fully saturated rings. The van der Waals surface area contributed by atoms with Gasteiger partial charge in [0, 0.05) is 21.5 Å². The van der Waals surface area contributed by atoms with Crippen molar-refractivity contribution in [3.63, 3.8) is 0 Å². The van der Waals surface area contributed by atoms with Gasteiger partial charge in [0.25, 0.3) is 0 Å². The molecule has 0 saturated heterocycles. The third-order valence-corrected chi connectivity index (χ3v) is 5.09. The number of hydrogen-bond acceptors (Lipinski definition) is 5. The number of alkyl halides is 1. The Morgan fingerprint density at radius 1 is 1.38 bits per heavy atom. The predicted molar refractivity (Wildman–Crippen MR) is 99.2 cm³/mol. The van der Waals surface area contributed by atoms with Crippen LogP contribution in [0.1, 0.15) is 53.9 Å². The van der Waals surface area contributed by atoms with Gasteiger partial charge in [0.15, 0.2) is 6.19 Å². The Morgan fingerprint density at radius 3 is 2.38 bits per heavy atom. The average molecular weight is 425 g/mol. The molecular formula is C15H28IN3OS. The highest BCUT2D eigenvalue weighted by Gasteiger charge is 2.21. The fourth-order valence-electron chi connectivity index (χ4n) is 1.60. The second-order valence-electron chi connectivity index (χ2n) is 7.21. The van der Waals surface area contributed by atoms with Crippen molar-refractivity contribution in [3.8, 4) is 6.19 Å². The number of carbonyl (C=O) groups is 1. The van der Waals surface area contributed by atoms with E-state index in [-0.39, 0.29) is 19.9 Å². The number of hydrogen-bond donors (Lipinski definition) is 1. The topological polar surface area (TPSA) is 70.1 Å². The zero-order valence-corrected chi connectivity index (χ0v) is 16.8. The van der Waals surface area contributed by atoms with Crippen LogP contribution in [0.2, 0.25) is 0 Å². The summed E-state index contributed by atoms with van der Waals surface area (Å²) in [4.78, 5) is 12.1. The Bertz CT molecular complexity index is 369. The molecule has 0 aromatic heterocycles. The molecule has 4 nitrogen and oxygen atoms in total. The van der Waals surface area contributed by atoms with Crippen molar-refractivity contribution in [3.05, 3.63) is 0 Å². The van der Waals surface area contributed by atoms with Crippen LogP contribution in [0.25, 0.3) is 0 Å². The molecule has 1 atom stereocenters. The lowest BCUT2D eigenvalue weighted by Gasteiger charge is -2.24. The normalized spacial score (nSPS) is 13.6. The van der Waals surface area contributed by atoms with Gasteiger partial charge in [0.1, 0.15) is 5.78 Å². The first-order chi connectivity index (χ1) is 9.43. The number of Topliss-reactive ketones (excluding diaryl/α,β-unsaturated/α-hetero) is 1. The predicted octanol–water partition coefficient (Wildman–Crippen LogP) is 3.74. The largest absolute Gasteiger partial charge is 0.300 e. The van der Waals surface area contributed by atoms with E-state index in [9.17, 15) is 4.79 Å². The van der Waals surface area contributed by atoms with Crippen LogP contribution in [0.3, 0.4) is 0 Å². The van der Waals surface area contributed by atoms with Crippen LogP contribution in [-0.4, -0.2) is 31.8 Å². The van der Waals surface area contributed by atoms with Crippen molar-refractivity contribution in [2.24, 2.45) is 11.3 Å². The van der Waals surface area contributed by atoms with Gasteiger partial charge in [-0.2, -0.15) is 17.0 Å². The summed E-state index contributed by atoms with van der Waals surface area (Å²) in [7, 11) is 0. The van der Waals surface area contributed by atoms with Crippen LogP contribution in [0.5, 0.6) is 0 Å². The molecule has 0 aliphatic heterocycles. The molecule has 6 heteroatoms. The molecule has 0 rings (SSSR count). The zero-order valence-electron chi connectivity index (χ0n) is 13.8. The second kappa shape index (κ2) is 9.21. The molecule has 0 spiro atoms. The summed E-state index contributed by atoms with van der Waals surface area (Å²) in [6.07, 6.45) is 3.88. The van der Waals surface area contributed by atoms with E-state index in [1.54, 1.807) is 11.8 Å². The van der Waals surface area contributed by atoms with Gasteiger partial charge in [0.2, 0.25) is 0 Å². The van der Waals surface area contributed by atoms with Gasteiger partial charge in [-0.15, -0.1) is 0 Å². The summed E-state index contributed by atoms with van der Waals surface area (Å²) < 4.78 is 0.147. The number of rotatable bonds is 9. The number of nitrogens with zero attached hydrogens (tertiary/aromatic N) is 2. The molecule has 2 N–H and O–H groups in total. The third kappa shape index (κ3) is 13.4. The smallest absolute Gasteiger partial charge is 0.194 e. The first-order valence-electron chi connectivity index (χ1n) is 7.17. The first kappa shape index (κ1) is 21.0. The van der Waals surface area contributed by atoms with Gasteiger partial charge < -0.3 is 0 Å². The maximum Gasteiger partial charge on any atom is 0.194 e. The van der Waals surface area contributed by atoms with E-state index >= 15 is 0 Å². The fourth-order valence-corrected chi connectivity index (χ4v) is 3.17. The quantitative estimate of drug-likeness (QED) is 0.152. The Balaban J connectivity index is 4.45. The maximum absolute atomic E-state index is 12.1. The van der Waals surface area contributed by atoms with Gasteiger partial charge in [-0.3, -0.25) is 4.79 Å². The van der Waals surface area contributed by atoms with E-state index in [4.69, 9.17) is 11.1 Å². The van der Waals surface area contributed by atoms with Crippen molar-refractivity contribution in [2.75, 3.05) is 12.3 Å². The van der Waals surface area contributed by atoms with Gasteiger partial charge in [-0.25, -0.2) is 10.9 Å². The summed E-state index contributed by atoms with van der Waals surface area (Å²) in [6, 6.07) is 0. The van der Waals surface area contributed by atoms with E-state index in [0.717, 1.165) is 17.2 Å². The summed E-state index contributed by atoms with van der Waals surface area (Å²) in [5, 5.41) is 10.0. The minimum absolute atomic E-state index is 0.0821. The lowest BCUT2D eigenvalue weighted by atomic mass is 10.0. The summed E-state index contributed by atoms with van der Waals surface area (Å²) in [5.74, 6) is 6.79. The van der Waals surface area contributed by atoms with Crippen molar-refractivity contribution in [1.29, 1.82) is 5.26 Å². The Hall–Kier alpha value is 0.0000000000000000555. The fraction of sp³-hybridized carbons (Fsp3) is 0.867. The minimum atomic E-state index is 0.0821. The number of nitrogens with two attached hydrogens (primary N) is 1. The minimum Gasteiger partial charge on any atom is -0.300 e. The van der Waals surface area contributed by atoms with E-state index in [2.05, 4.69) is 57.2 Å². The molecule has 0 aromatic carbocycles. The van der Waals surface area contributed by atoms with Crippen LogP contribution >= 0.6 is 34.4 Å². The SMILES string of the molecule is CC(C)(C)CSC(CC(=O)CCC(C)(C)I)CN(N)C#N. The van der Waals surface area contributed by atoms with Crippen LogP contribution in [0.15, 0.2) is 0 Å². The molecular weight excluding hydrogens is 397 g/mol. The van der Waals surface area contributed by atoms with Crippen LogP contribution in [-0.2, 0) is 4.79 Å². The van der Waals surface area contributed by atoms with Gasteiger partial charge in [0.05, 0.1) is 6.54 Å². The molecule has 21 heavy (non-hydrogen) atoms. The Labute approximate surface area is 147 Å². The molecule has 1 unspecified atom stereocenters. The Morgan fingerprint density at radius 2 is 1.95 bits per heavy atom. The number of nitriles is 1. The molecule has 0 bridgehead atoms. The number of carbonyl (C=O) groups excluding carboxylic acids is 1. The monoisotopic (exact) mass is 425 g/mol. The van der Waals surface area contributed by atoms with E-state index in [1.165, 1.54) is 0 Å². The highest BCUT2D eigenvalue weighted by Crippen LogP contribution is 2.27. The van der Waals surface area contributed by atoms with Crippen molar-refractivity contribution in [1.82, 2.24) is 5.01 Å². The maximum atomic E-state index is 12.1. The highest BCUT2D eigenvalue weighted by molar-refractivity contribution is 14.1. The summed E-state index contributed by atoms with van der Waals surface area (Å²) in [5.41, 5.74) is 0.197. The summed E-state index contributed by atoms with van der Waals surface area (Å²) >= 11 is 4.11. The van der Waals surface area contributed by atoms with E-state index in [0.29, 0.717) is 19.4 Å². The first-order valence-corrected chi connectivity index (χ1v) is 9.30. The van der Waals surface area contributed by atoms with E-state index < -0.39 is 0 Å². The molecule has 0 radical (unpaired) electrons. The number of halogens is 1. The number of hydrazine groups is 1. The molecule has 0 aromatic rings. The zero-order chi connectivity index (χ0) is 16.7. The molecule has 0 amide bonds. The lowest BCUT2D eigenvalue weighted by Crippen LogP contribution is -2.34. The highest BCUT2D eigenvalue weighted by atomic mass is 127. The summed E-state index contributed by atoms with van der Waals surface area (Å²) in [6.45, 7) is 11.2. The standard InChI is InChI=1S/C15H28IN3OS/c1-14(2,3)10-21-13(9-19(18)11-17)8-12(20)6-7-15(4,5)16/h13H,6-10,18H2,1-5H3. The van der Waals surface area contributed by atoms with Crippen LogP contribution in [0.4, 0.5) is 0 Å². The molecule has 0 heterocycles. The third-order valence-electron chi connectivity index (χ3n) is 2.73. The number of thioether (sulfide) groups is 1. The van der Waals surface area contributed by atoms with Gasteiger partial charge in [-0.05, 0) is 17.6 Å². The molecule has 0 aliphatic rings. The average Bonchev–Trinajstić information content (AvgIpc) is 2.31. The lowest BCUT2D eigenvalue weighted by molar-refractivity contribution is -0.119. The van der Waals surface area contributed by atoms with E-state index in [1.807, 2.05) is 6.19 Å². The molecule has 0 saturated carbocycles. The Kier molecular flexibility index (Phi) is 9.21. The van der Waals surface area contributed by atoms with Crippen molar-refractivity contribution in [2.45, 2.75) is 62.6 Å². The van der Waals surface area contributed by atoms with Crippen LogP contribution < -0.4 is 5.84 Å². The van der Waals surface area contributed by atoms with Gasteiger partial charge >= 0.3 is 0 Å². The van der Waals surface area contributed by atoms with Crippen molar-refractivity contribution < 1.29 is 4.79 Å².